The van der Waals surface area contributed by atoms with Crippen molar-refractivity contribution in [2.24, 2.45) is 5.92 Å². The van der Waals surface area contributed by atoms with Crippen LogP contribution in [0.1, 0.15) is 35.7 Å². The van der Waals surface area contributed by atoms with E-state index in [9.17, 15) is 44.8 Å². The second kappa shape index (κ2) is 12.1. The number of nitro benzene ring substituents is 2. The first kappa shape index (κ1) is 30.7. The van der Waals surface area contributed by atoms with Crippen LogP contribution in [0.4, 0.5) is 11.4 Å². The number of carboxylic acids is 1. The average molecular weight is 629 g/mol. The Morgan fingerprint density at radius 2 is 1.84 bits per heavy atom. The lowest BCUT2D eigenvalue weighted by atomic mass is 9.78. The van der Waals surface area contributed by atoms with Gasteiger partial charge in [-0.2, -0.15) is 0 Å². The molecule has 0 aliphatic carbocycles. The Labute approximate surface area is 254 Å². The molecule has 2 aromatic rings. The second-order valence-corrected chi connectivity index (χ2v) is 13.7. The normalized spacial score (nSPS) is 24.0. The highest BCUT2D eigenvalue weighted by Crippen LogP contribution is 2.63. The molecule has 0 unspecified atom stereocenters. The van der Waals surface area contributed by atoms with E-state index in [-0.39, 0.29) is 59.0 Å². The minimum atomic E-state index is -1.25. The molecule has 4 atom stereocenters. The monoisotopic (exact) mass is 628 g/mol. The number of β-lactam (4-membered cyclic amide) rings is 1. The van der Waals surface area contributed by atoms with Crippen molar-refractivity contribution in [1.29, 1.82) is 0 Å². The van der Waals surface area contributed by atoms with Crippen LogP contribution in [-0.2, 0) is 16.0 Å². The van der Waals surface area contributed by atoms with Crippen molar-refractivity contribution in [3.63, 3.8) is 0 Å². The quantitative estimate of drug-likeness (QED) is 0.151. The third kappa shape index (κ3) is 6.02. The third-order valence-electron chi connectivity index (χ3n) is 7.76. The van der Waals surface area contributed by atoms with Crippen LogP contribution in [0.2, 0.25) is 0 Å². The first-order valence-electron chi connectivity index (χ1n) is 13.5. The van der Waals surface area contributed by atoms with Crippen LogP contribution in [-0.4, -0.2) is 83.4 Å². The lowest BCUT2D eigenvalue weighted by Crippen LogP contribution is -2.68. The van der Waals surface area contributed by atoms with Crippen LogP contribution in [0, 0.1) is 26.1 Å². The number of hydrogen-bond acceptors (Lipinski definition) is 11. The molecule has 3 aliphatic rings. The van der Waals surface area contributed by atoms with E-state index in [1.54, 1.807) is 19.1 Å². The summed E-state index contributed by atoms with van der Waals surface area (Å²) >= 11 is 2.62. The van der Waals surface area contributed by atoms with Crippen LogP contribution < -0.4 is 0 Å². The van der Waals surface area contributed by atoms with E-state index in [0.717, 1.165) is 0 Å². The Morgan fingerprint density at radius 3 is 2.47 bits per heavy atom. The molecular weight excluding hydrogens is 600 g/mol. The molecule has 0 aromatic heterocycles. The number of ketones is 1. The summed E-state index contributed by atoms with van der Waals surface area (Å²) < 4.78 is 0.465. The number of carbonyl (C=O) groups excluding carboxylic acids is 2. The fourth-order valence-electron chi connectivity index (χ4n) is 5.77. The lowest BCUT2D eigenvalue weighted by molar-refractivity contribution is -0.385. The number of rotatable bonds is 12. The predicted octanol–water partition coefficient (Wildman–Crippen LogP) is 3.66. The number of nitro groups is 2. The summed E-state index contributed by atoms with van der Waals surface area (Å²) in [6.07, 6.45) is 0.220. The molecule has 3 aliphatic heterocycles. The number of hydrogen-bond donors (Lipinski definition) is 2. The van der Waals surface area contributed by atoms with Crippen molar-refractivity contribution in [1.82, 2.24) is 9.80 Å². The Kier molecular flexibility index (Phi) is 8.61. The molecule has 0 radical (unpaired) electrons. The van der Waals surface area contributed by atoms with Gasteiger partial charge < -0.3 is 10.2 Å². The van der Waals surface area contributed by atoms with Crippen molar-refractivity contribution >= 4 is 52.6 Å². The van der Waals surface area contributed by atoms with Crippen molar-refractivity contribution in [3.8, 4) is 0 Å². The van der Waals surface area contributed by atoms with E-state index in [4.69, 9.17) is 0 Å². The number of nitrogens with zero attached hydrogens (tertiary/aromatic N) is 4. The van der Waals surface area contributed by atoms with Gasteiger partial charge in [-0.05, 0) is 31.9 Å². The number of carbonyl (C=O) groups is 3. The zero-order valence-electron chi connectivity index (χ0n) is 23.0. The summed E-state index contributed by atoms with van der Waals surface area (Å²) in [5.74, 6) is -2.56. The highest BCUT2D eigenvalue weighted by atomic mass is 32.2. The van der Waals surface area contributed by atoms with Gasteiger partial charge in [0.15, 0.2) is 11.5 Å². The number of likely N-dealkylation sites (tertiary alicyclic amines) is 1. The van der Waals surface area contributed by atoms with Gasteiger partial charge in [-0.3, -0.25) is 39.6 Å². The van der Waals surface area contributed by atoms with E-state index in [0.29, 0.717) is 29.3 Å². The lowest BCUT2D eigenvalue weighted by Gasteiger charge is -2.53. The summed E-state index contributed by atoms with van der Waals surface area (Å²) in [6, 6.07) is 11.5. The summed E-state index contributed by atoms with van der Waals surface area (Å²) in [5, 5.41) is 42.5. The summed E-state index contributed by atoms with van der Waals surface area (Å²) in [7, 11) is 0. The van der Waals surface area contributed by atoms with Crippen LogP contribution in [0.3, 0.4) is 0 Å². The average Bonchev–Trinajstić information content (AvgIpc) is 3.52. The molecule has 226 valence electrons. The minimum Gasteiger partial charge on any atom is -0.477 e. The first-order valence-corrected chi connectivity index (χ1v) is 15.2. The van der Waals surface area contributed by atoms with Crippen LogP contribution in [0.15, 0.2) is 58.5 Å². The van der Waals surface area contributed by atoms with Gasteiger partial charge in [0.25, 0.3) is 11.4 Å². The maximum Gasteiger partial charge on any atom is 0.354 e. The topological polar surface area (TPSA) is 184 Å². The van der Waals surface area contributed by atoms with Crippen LogP contribution >= 0.6 is 23.5 Å². The largest absolute Gasteiger partial charge is 0.477 e. The number of aliphatic hydroxyl groups is 1. The third-order valence-corrected chi connectivity index (χ3v) is 10.8. The van der Waals surface area contributed by atoms with Gasteiger partial charge in [0.05, 0.1) is 32.7 Å². The molecule has 13 nitrogen and oxygen atoms in total. The van der Waals surface area contributed by atoms with E-state index < -0.39 is 32.7 Å². The second-order valence-electron chi connectivity index (χ2n) is 10.8. The molecule has 2 fully saturated rings. The van der Waals surface area contributed by atoms with Gasteiger partial charge in [0.2, 0.25) is 5.91 Å². The first-order chi connectivity index (χ1) is 20.4. The number of Topliss-reactive ketones (excluding diaryl/α,β-unsaturated/α-hetero) is 1. The number of fused-ring (bicyclic) bond motifs is 1. The smallest absolute Gasteiger partial charge is 0.354 e. The molecular formula is C28H28N4O9S2. The van der Waals surface area contributed by atoms with Gasteiger partial charge in [-0.15, -0.1) is 11.8 Å². The van der Waals surface area contributed by atoms with Crippen LogP contribution in [0.5, 0.6) is 0 Å². The summed E-state index contributed by atoms with van der Waals surface area (Å²) in [5.41, 5.74) is 0.567. The molecule has 3 heterocycles. The molecule has 0 saturated carbocycles. The Hall–Kier alpha value is -3.79. The Balaban J connectivity index is 1.33. The SMILES string of the molecule is C[C@H](O)C[C@@H]1C(=O)N2C(C(=O)O)=C(S[C@H]3CCN(CC(=O)c4cccc([N+](=O)[O-])c4)C3)S[C@]12Cc1ccc([N+](=O)[O-])cc1. The van der Waals surface area contributed by atoms with Crippen molar-refractivity contribution in [3.05, 3.63) is 89.8 Å². The van der Waals surface area contributed by atoms with E-state index in [1.165, 1.54) is 64.8 Å². The molecule has 15 heteroatoms. The molecule has 1 amide bonds. The number of carboxylic acid groups (broad SMARTS) is 1. The van der Waals surface area contributed by atoms with Gasteiger partial charge in [0.1, 0.15) is 4.87 Å². The van der Waals surface area contributed by atoms with Crippen LogP contribution in [0.25, 0.3) is 0 Å². The maximum atomic E-state index is 13.3. The Morgan fingerprint density at radius 1 is 1.14 bits per heavy atom. The number of aliphatic carboxylic acids is 1. The number of aliphatic hydroxyl groups excluding tert-OH is 1. The highest BCUT2D eigenvalue weighted by Gasteiger charge is 2.67. The van der Waals surface area contributed by atoms with Gasteiger partial charge >= 0.3 is 5.97 Å². The van der Waals surface area contributed by atoms with Gasteiger partial charge in [-0.25, -0.2) is 4.79 Å². The van der Waals surface area contributed by atoms with Crippen molar-refractivity contribution in [2.75, 3.05) is 19.6 Å². The fourth-order valence-corrected chi connectivity index (χ4v) is 9.35. The van der Waals surface area contributed by atoms with Gasteiger partial charge in [0, 0.05) is 48.0 Å². The predicted molar refractivity (Wildman–Crippen MR) is 158 cm³/mol. The van der Waals surface area contributed by atoms with Crippen molar-refractivity contribution in [2.45, 2.75) is 42.4 Å². The number of thioether (sulfide) groups is 2. The molecule has 2 saturated heterocycles. The van der Waals surface area contributed by atoms with Gasteiger partial charge in [-0.1, -0.05) is 36.0 Å². The molecule has 0 spiro atoms. The zero-order valence-corrected chi connectivity index (χ0v) is 24.6. The van der Waals surface area contributed by atoms with Crippen molar-refractivity contribution < 1.29 is 34.4 Å². The number of amides is 1. The maximum absolute atomic E-state index is 13.3. The number of benzene rings is 2. The highest BCUT2D eigenvalue weighted by molar-refractivity contribution is 8.23. The number of non-ortho nitro benzene ring substituents is 2. The molecule has 0 bridgehead atoms. The summed E-state index contributed by atoms with van der Waals surface area (Å²) in [4.78, 5) is 62.0. The standard InChI is InChI=1S/C28H28N4O9S2/c1-16(33)11-22-25(35)30-24(26(36)37)27(43-28(22,30)13-17-5-7-19(8-6-17)31(38)39)42-21-9-10-29(14-21)15-23(34)18-3-2-4-20(12-18)32(40)41/h2-8,12,16,21-22,33H,9-11,13-15H2,1H3,(H,36,37)/t16-,21-,22+,28+/m0/s1. The summed E-state index contributed by atoms with van der Waals surface area (Å²) in [6.45, 7) is 2.67. The van der Waals surface area contributed by atoms with E-state index in [1.807, 2.05) is 4.90 Å². The Bertz CT molecular complexity index is 1530. The minimum absolute atomic E-state index is 0.0569. The molecule has 2 N–H and O–H groups in total. The van der Waals surface area contributed by atoms with E-state index >= 15 is 0 Å². The van der Waals surface area contributed by atoms with E-state index in [2.05, 4.69) is 0 Å². The zero-order chi connectivity index (χ0) is 31.1. The molecule has 43 heavy (non-hydrogen) atoms. The fraction of sp³-hybridized carbons (Fsp3) is 0.393. The molecule has 5 rings (SSSR count). The molecule has 2 aromatic carbocycles.